The van der Waals surface area contributed by atoms with E-state index in [0.717, 1.165) is 81.4 Å². The minimum Gasteiger partial charge on any atom is -0.381 e. The Hall–Kier alpha value is -2.69. The van der Waals surface area contributed by atoms with Crippen molar-refractivity contribution in [1.29, 1.82) is 0 Å². The number of allylic oxidation sites excluding steroid dienone is 7. The van der Waals surface area contributed by atoms with Crippen LogP contribution in [0.15, 0.2) is 83.8 Å². The van der Waals surface area contributed by atoms with Gasteiger partial charge in [0.2, 0.25) is 0 Å². The molecule has 0 bridgehead atoms. The highest BCUT2D eigenvalue weighted by atomic mass is 35.5. The number of aromatic amines is 1. The highest BCUT2D eigenvalue weighted by Crippen LogP contribution is 2.35. The maximum Gasteiger partial charge on any atom is 0.140 e. The molecule has 2 aromatic rings. The quantitative estimate of drug-likeness (QED) is 0.0982. The number of hydrogen-bond acceptors (Lipinski definition) is 2. The van der Waals surface area contributed by atoms with Gasteiger partial charge in [0, 0.05) is 46.5 Å². The Balaban J connectivity index is 0.000000883. The molecule has 0 spiro atoms. The van der Waals surface area contributed by atoms with E-state index in [4.69, 9.17) is 16.3 Å². The van der Waals surface area contributed by atoms with Gasteiger partial charge in [-0.15, -0.1) is 0 Å². The van der Waals surface area contributed by atoms with Crippen molar-refractivity contribution in [2.24, 2.45) is 4.99 Å². The standard InChI is InChI=1S/C25H34ClN.C9H14FN.C6H14O/c1-6-9-11-20(14-13-18(4)8-3)19(5)25-22(12-10-7-2)23-17-21(26)15-16-24(23)27-25;1-4-6-8(3)11-7-9(10)5-2;1-3-5-7-6-4-2/h11,13-17,19,27H,4,6-10,12H2,1-3,5H3;5,7H,2,4,6H2,1,3H3;3-6H2,1-2H3/b14-13-,20-11+;9-7+,11-8?;. The maximum absolute atomic E-state index is 12.4. The third kappa shape index (κ3) is 18.1. The van der Waals surface area contributed by atoms with Gasteiger partial charge in [0.05, 0.1) is 6.20 Å². The molecule has 1 N–H and O–H groups in total. The van der Waals surface area contributed by atoms with E-state index in [1.807, 2.05) is 13.0 Å². The first-order chi connectivity index (χ1) is 21.6. The van der Waals surface area contributed by atoms with E-state index in [9.17, 15) is 4.39 Å². The Morgan fingerprint density at radius 2 is 1.71 bits per heavy atom. The molecule has 1 unspecified atom stereocenters. The molecule has 0 fully saturated rings. The number of hydrogen-bond donors (Lipinski definition) is 1. The van der Waals surface area contributed by atoms with Crippen molar-refractivity contribution in [3.63, 3.8) is 0 Å². The molecule has 0 saturated heterocycles. The van der Waals surface area contributed by atoms with Gasteiger partial charge in [-0.1, -0.05) is 116 Å². The number of aryl methyl sites for hydroxylation is 1. The van der Waals surface area contributed by atoms with Crippen LogP contribution >= 0.6 is 11.6 Å². The van der Waals surface area contributed by atoms with Crippen molar-refractivity contribution in [2.75, 3.05) is 13.2 Å². The van der Waals surface area contributed by atoms with E-state index in [2.05, 4.69) is 102 Å². The molecule has 0 amide bonds. The molecule has 1 heterocycles. The molecular weight excluding hydrogens is 579 g/mol. The first-order valence-corrected chi connectivity index (χ1v) is 17.5. The van der Waals surface area contributed by atoms with Crippen LogP contribution in [-0.4, -0.2) is 23.9 Å². The zero-order chi connectivity index (χ0) is 34.0. The van der Waals surface area contributed by atoms with Crippen LogP contribution in [0.25, 0.3) is 10.9 Å². The molecule has 1 atom stereocenters. The van der Waals surface area contributed by atoms with E-state index in [0.29, 0.717) is 5.92 Å². The lowest BCUT2D eigenvalue weighted by Gasteiger charge is -2.15. The van der Waals surface area contributed by atoms with E-state index < -0.39 is 0 Å². The highest BCUT2D eigenvalue weighted by Gasteiger charge is 2.19. The largest absolute Gasteiger partial charge is 0.381 e. The van der Waals surface area contributed by atoms with Crippen LogP contribution in [0.3, 0.4) is 0 Å². The molecule has 5 heteroatoms. The summed E-state index contributed by atoms with van der Waals surface area (Å²) in [6, 6.07) is 6.18. The molecule has 1 aromatic heterocycles. The fourth-order valence-corrected chi connectivity index (χ4v) is 4.65. The van der Waals surface area contributed by atoms with Gasteiger partial charge in [0.25, 0.3) is 0 Å². The molecule has 0 aliphatic carbocycles. The van der Waals surface area contributed by atoms with Gasteiger partial charge in [0.1, 0.15) is 5.83 Å². The predicted molar refractivity (Wildman–Crippen MR) is 201 cm³/mol. The van der Waals surface area contributed by atoms with Crippen molar-refractivity contribution >= 4 is 28.2 Å². The number of nitrogens with one attached hydrogen (secondary N) is 1. The number of aromatic nitrogens is 1. The number of fused-ring (bicyclic) bond motifs is 1. The molecule has 0 saturated carbocycles. The molecule has 2 rings (SSSR count). The highest BCUT2D eigenvalue weighted by molar-refractivity contribution is 6.31. The topological polar surface area (TPSA) is 37.4 Å². The van der Waals surface area contributed by atoms with Crippen LogP contribution in [-0.2, 0) is 11.2 Å². The van der Waals surface area contributed by atoms with Gasteiger partial charge in [-0.2, -0.15) is 0 Å². The van der Waals surface area contributed by atoms with Crippen LogP contribution in [0, 0.1) is 0 Å². The summed E-state index contributed by atoms with van der Waals surface area (Å²) in [4.78, 5) is 7.60. The Kier molecular flexibility index (Phi) is 24.9. The van der Waals surface area contributed by atoms with Gasteiger partial charge in [-0.05, 0) is 87.3 Å². The molecule has 0 aliphatic rings. The second-order valence-corrected chi connectivity index (χ2v) is 11.8. The second-order valence-electron chi connectivity index (χ2n) is 11.3. The maximum atomic E-state index is 12.4. The third-order valence-electron chi connectivity index (χ3n) is 7.16. The first-order valence-electron chi connectivity index (χ1n) is 17.1. The van der Waals surface area contributed by atoms with Crippen LogP contribution in [0.2, 0.25) is 5.02 Å². The van der Waals surface area contributed by atoms with E-state index in [1.165, 1.54) is 52.3 Å². The minimum absolute atomic E-state index is 0.315. The molecule has 45 heavy (non-hydrogen) atoms. The van der Waals surface area contributed by atoms with Crippen LogP contribution in [0.5, 0.6) is 0 Å². The normalized spacial score (nSPS) is 12.9. The number of benzene rings is 1. The van der Waals surface area contributed by atoms with Gasteiger partial charge >= 0.3 is 0 Å². The molecular formula is C40H62ClFN2O. The molecule has 252 valence electrons. The zero-order valence-electron chi connectivity index (χ0n) is 29.7. The van der Waals surface area contributed by atoms with E-state index in [-0.39, 0.29) is 5.83 Å². The number of nitrogens with zero attached hydrogens (tertiary/aromatic N) is 1. The van der Waals surface area contributed by atoms with Crippen LogP contribution in [0.4, 0.5) is 4.39 Å². The van der Waals surface area contributed by atoms with Crippen LogP contribution in [0.1, 0.15) is 130 Å². The predicted octanol–water partition coefficient (Wildman–Crippen LogP) is 13.6. The van der Waals surface area contributed by atoms with E-state index in [1.54, 1.807) is 0 Å². The summed E-state index contributed by atoms with van der Waals surface area (Å²) >= 11 is 6.30. The lowest BCUT2D eigenvalue weighted by atomic mass is 9.90. The summed E-state index contributed by atoms with van der Waals surface area (Å²) in [6.45, 7) is 26.4. The average Bonchev–Trinajstić information content (AvgIpc) is 3.40. The Labute approximate surface area is 280 Å². The zero-order valence-corrected chi connectivity index (χ0v) is 30.5. The van der Waals surface area contributed by atoms with Crippen molar-refractivity contribution in [3.8, 4) is 0 Å². The molecule has 1 aromatic carbocycles. The lowest BCUT2D eigenvalue weighted by Crippen LogP contribution is -2.01. The lowest BCUT2D eigenvalue weighted by molar-refractivity contribution is 0.135. The fourth-order valence-electron chi connectivity index (χ4n) is 4.47. The fraction of sp³-hybridized carbons (Fsp3) is 0.525. The summed E-state index contributed by atoms with van der Waals surface area (Å²) in [7, 11) is 0. The average molecular weight is 641 g/mol. The van der Waals surface area contributed by atoms with Gasteiger partial charge in [-0.25, -0.2) is 4.39 Å². The number of halogens is 2. The van der Waals surface area contributed by atoms with Crippen LogP contribution < -0.4 is 0 Å². The number of aliphatic imine (C=N–C) groups is 1. The summed E-state index contributed by atoms with van der Waals surface area (Å²) < 4.78 is 17.5. The Morgan fingerprint density at radius 3 is 2.27 bits per heavy atom. The molecule has 3 nitrogen and oxygen atoms in total. The number of H-pyrrole nitrogens is 1. The molecule has 0 aliphatic heterocycles. The van der Waals surface area contributed by atoms with Gasteiger partial charge < -0.3 is 9.72 Å². The smallest absolute Gasteiger partial charge is 0.140 e. The summed E-state index contributed by atoms with van der Waals surface area (Å²) in [6.07, 6.45) is 20.1. The first kappa shape index (κ1) is 42.3. The van der Waals surface area contributed by atoms with Crippen molar-refractivity contribution in [2.45, 2.75) is 126 Å². The second kappa shape index (κ2) is 26.5. The summed E-state index contributed by atoms with van der Waals surface area (Å²) in [5.41, 5.74) is 7.41. The summed E-state index contributed by atoms with van der Waals surface area (Å²) in [5.74, 6) is -0.0732. The minimum atomic E-state index is -0.388. The van der Waals surface area contributed by atoms with Crippen molar-refractivity contribution in [1.82, 2.24) is 4.98 Å². The Morgan fingerprint density at radius 1 is 1.02 bits per heavy atom. The molecule has 0 radical (unpaired) electrons. The van der Waals surface area contributed by atoms with Crippen molar-refractivity contribution in [3.05, 3.63) is 95.1 Å². The van der Waals surface area contributed by atoms with Gasteiger partial charge in [-0.3, -0.25) is 4.99 Å². The number of unbranched alkanes of at least 4 members (excludes halogenated alkanes) is 2. The van der Waals surface area contributed by atoms with Gasteiger partial charge in [0.15, 0.2) is 0 Å². The van der Waals surface area contributed by atoms with Crippen molar-refractivity contribution < 1.29 is 9.13 Å². The number of rotatable bonds is 18. The SMILES string of the molecule is C=C(/C=C\C(=C/CCC)C(C)c1[nH]c2ccc(Cl)cc2c1CCCC)CC.C=C/C(F)=C\N=C(C)CCC.CCCOCCC. The Bertz CT molecular complexity index is 1230. The third-order valence-corrected chi connectivity index (χ3v) is 7.40. The summed E-state index contributed by atoms with van der Waals surface area (Å²) in [5, 5.41) is 2.08. The monoisotopic (exact) mass is 640 g/mol. The van der Waals surface area contributed by atoms with E-state index >= 15 is 0 Å². The number of ether oxygens (including phenoxy) is 1.